The number of nitrogens with zero attached hydrogens (tertiary/aromatic N) is 1. The number of halogens is 1. The number of hydrogen-bond donors (Lipinski definition) is 1. The summed E-state index contributed by atoms with van der Waals surface area (Å²) in [6.07, 6.45) is 0. The Morgan fingerprint density at radius 2 is 2.31 bits per heavy atom. The Balaban J connectivity index is 3.18. The van der Waals surface area contributed by atoms with Gasteiger partial charge in [0.1, 0.15) is 0 Å². The molecule has 0 atom stereocenters. The van der Waals surface area contributed by atoms with Crippen LogP contribution in [-0.2, 0) is 0 Å². The molecule has 1 aromatic carbocycles. The summed E-state index contributed by atoms with van der Waals surface area (Å²) in [7, 11) is 0. The third-order valence-electron chi connectivity index (χ3n) is 1.46. The fraction of sp³-hybridized carbons (Fsp3) is 0.222. The summed E-state index contributed by atoms with van der Waals surface area (Å²) in [5.41, 5.74) is 0.367. The highest BCUT2D eigenvalue weighted by molar-refractivity contribution is 6.32. The molecule has 68 valence electrons. The second-order valence-electron chi connectivity index (χ2n) is 2.35. The summed E-state index contributed by atoms with van der Waals surface area (Å²) in [5, 5.41) is 18.1. The van der Waals surface area contributed by atoms with E-state index in [1.54, 1.807) is 6.92 Å². The highest BCUT2D eigenvalue weighted by Gasteiger charge is 2.08. The largest absolute Gasteiger partial charge is 0.503 e. The number of aromatic hydroxyl groups is 1. The van der Waals surface area contributed by atoms with E-state index in [2.05, 4.69) is 0 Å². The van der Waals surface area contributed by atoms with Gasteiger partial charge in [0, 0.05) is 6.07 Å². The molecular formula is C9H8ClNO2. The molecule has 0 radical (unpaired) electrons. The molecule has 0 aliphatic carbocycles. The van der Waals surface area contributed by atoms with Gasteiger partial charge in [0.15, 0.2) is 11.5 Å². The predicted octanol–water partition coefficient (Wildman–Crippen LogP) is 2.32. The molecule has 0 aliphatic heterocycles. The first kappa shape index (κ1) is 9.69. The van der Waals surface area contributed by atoms with E-state index in [-0.39, 0.29) is 16.5 Å². The topological polar surface area (TPSA) is 53.2 Å². The van der Waals surface area contributed by atoms with Gasteiger partial charge in [-0.1, -0.05) is 11.6 Å². The molecule has 0 unspecified atom stereocenters. The second-order valence-corrected chi connectivity index (χ2v) is 2.76. The summed E-state index contributed by atoms with van der Waals surface area (Å²) in [4.78, 5) is 0. The quantitative estimate of drug-likeness (QED) is 0.792. The lowest BCUT2D eigenvalue weighted by Gasteiger charge is -2.06. The Hall–Kier alpha value is -1.40. The van der Waals surface area contributed by atoms with Crippen molar-refractivity contribution in [1.29, 1.82) is 5.26 Å². The van der Waals surface area contributed by atoms with Gasteiger partial charge in [0.2, 0.25) is 0 Å². The van der Waals surface area contributed by atoms with Crippen molar-refractivity contribution in [3.05, 3.63) is 22.7 Å². The number of benzene rings is 1. The van der Waals surface area contributed by atoms with Crippen molar-refractivity contribution < 1.29 is 9.84 Å². The van der Waals surface area contributed by atoms with Crippen LogP contribution in [0.2, 0.25) is 5.02 Å². The van der Waals surface area contributed by atoms with E-state index in [9.17, 15) is 5.11 Å². The van der Waals surface area contributed by atoms with Gasteiger partial charge in [0.25, 0.3) is 0 Å². The lowest BCUT2D eigenvalue weighted by molar-refractivity contribution is 0.318. The van der Waals surface area contributed by atoms with Crippen LogP contribution >= 0.6 is 11.6 Å². The highest BCUT2D eigenvalue weighted by atomic mass is 35.5. The summed E-state index contributed by atoms with van der Waals surface area (Å²) in [6.45, 7) is 2.20. The Labute approximate surface area is 81.1 Å². The number of nitriles is 1. The van der Waals surface area contributed by atoms with Crippen molar-refractivity contribution in [3.63, 3.8) is 0 Å². The van der Waals surface area contributed by atoms with Crippen LogP contribution < -0.4 is 4.74 Å². The fourth-order valence-corrected chi connectivity index (χ4v) is 1.11. The van der Waals surface area contributed by atoms with Crippen LogP contribution in [0.4, 0.5) is 0 Å². The monoisotopic (exact) mass is 197 g/mol. The van der Waals surface area contributed by atoms with Crippen LogP contribution in [0.15, 0.2) is 12.1 Å². The summed E-state index contributed by atoms with van der Waals surface area (Å²) in [6, 6.07) is 4.76. The Bertz CT molecular complexity index is 357. The van der Waals surface area contributed by atoms with E-state index in [1.165, 1.54) is 12.1 Å². The molecule has 13 heavy (non-hydrogen) atoms. The molecule has 4 heteroatoms. The number of hydrogen-bond acceptors (Lipinski definition) is 3. The normalized spacial score (nSPS) is 9.31. The van der Waals surface area contributed by atoms with Gasteiger partial charge >= 0.3 is 0 Å². The first-order chi connectivity index (χ1) is 6.19. The summed E-state index contributed by atoms with van der Waals surface area (Å²) in [5.74, 6) is 0.120. The fourth-order valence-electron chi connectivity index (χ4n) is 0.904. The van der Waals surface area contributed by atoms with Crippen LogP contribution in [0.5, 0.6) is 11.5 Å². The molecule has 0 aliphatic rings. The lowest BCUT2D eigenvalue weighted by atomic mass is 10.2. The number of phenols is 1. The van der Waals surface area contributed by atoms with Crippen molar-refractivity contribution in [1.82, 2.24) is 0 Å². The van der Waals surface area contributed by atoms with E-state index in [0.717, 1.165) is 0 Å². The first-order valence-electron chi connectivity index (χ1n) is 3.74. The maximum atomic E-state index is 9.38. The van der Waals surface area contributed by atoms with Crippen LogP contribution in [0.1, 0.15) is 12.5 Å². The zero-order valence-corrected chi connectivity index (χ0v) is 7.80. The van der Waals surface area contributed by atoms with E-state index in [4.69, 9.17) is 21.6 Å². The Kier molecular flexibility index (Phi) is 2.99. The van der Waals surface area contributed by atoms with Gasteiger partial charge in [-0.05, 0) is 13.0 Å². The standard InChI is InChI=1S/C9H8ClNO2/c1-2-13-8-4-6(5-11)3-7(10)9(8)12/h3-4,12H,2H2,1H3. The predicted molar refractivity (Wildman–Crippen MR) is 49.0 cm³/mol. The van der Waals surface area contributed by atoms with Crippen molar-refractivity contribution in [2.45, 2.75) is 6.92 Å². The van der Waals surface area contributed by atoms with E-state index >= 15 is 0 Å². The highest BCUT2D eigenvalue weighted by Crippen LogP contribution is 2.34. The van der Waals surface area contributed by atoms with E-state index in [0.29, 0.717) is 12.2 Å². The van der Waals surface area contributed by atoms with Gasteiger partial charge in [-0.3, -0.25) is 0 Å². The Morgan fingerprint density at radius 3 is 2.85 bits per heavy atom. The molecule has 1 aromatic rings. The van der Waals surface area contributed by atoms with Gasteiger partial charge in [-0.15, -0.1) is 0 Å². The summed E-state index contributed by atoms with van der Waals surface area (Å²) < 4.78 is 5.07. The van der Waals surface area contributed by atoms with Gasteiger partial charge in [-0.25, -0.2) is 0 Å². The van der Waals surface area contributed by atoms with Crippen molar-refractivity contribution >= 4 is 11.6 Å². The third-order valence-corrected chi connectivity index (χ3v) is 1.75. The first-order valence-corrected chi connectivity index (χ1v) is 4.12. The maximum absolute atomic E-state index is 9.38. The molecule has 1 N–H and O–H groups in total. The molecule has 3 nitrogen and oxygen atoms in total. The van der Waals surface area contributed by atoms with E-state index in [1.807, 2.05) is 6.07 Å². The van der Waals surface area contributed by atoms with Gasteiger partial charge < -0.3 is 9.84 Å². The molecule has 0 spiro atoms. The maximum Gasteiger partial charge on any atom is 0.176 e. The molecule has 0 heterocycles. The van der Waals surface area contributed by atoms with Crippen molar-refractivity contribution in [3.8, 4) is 17.6 Å². The van der Waals surface area contributed by atoms with Gasteiger partial charge in [0.05, 0.1) is 23.3 Å². The second kappa shape index (κ2) is 4.01. The zero-order valence-electron chi connectivity index (χ0n) is 7.04. The zero-order chi connectivity index (χ0) is 9.84. The van der Waals surface area contributed by atoms with Crippen molar-refractivity contribution in [2.24, 2.45) is 0 Å². The molecule has 0 bridgehead atoms. The average Bonchev–Trinajstić information content (AvgIpc) is 2.13. The summed E-state index contributed by atoms with van der Waals surface area (Å²) >= 11 is 5.65. The molecule has 0 fully saturated rings. The minimum atomic E-state index is -0.123. The van der Waals surface area contributed by atoms with Crippen molar-refractivity contribution in [2.75, 3.05) is 6.61 Å². The minimum Gasteiger partial charge on any atom is -0.503 e. The third kappa shape index (κ3) is 2.04. The van der Waals surface area contributed by atoms with Crippen LogP contribution in [-0.4, -0.2) is 11.7 Å². The Morgan fingerprint density at radius 1 is 1.62 bits per heavy atom. The number of phenolic OH excluding ortho intramolecular Hbond substituents is 1. The molecule has 0 aromatic heterocycles. The molecular weight excluding hydrogens is 190 g/mol. The van der Waals surface area contributed by atoms with Crippen LogP contribution in [0.25, 0.3) is 0 Å². The van der Waals surface area contributed by atoms with Gasteiger partial charge in [-0.2, -0.15) is 5.26 Å². The smallest absolute Gasteiger partial charge is 0.176 e. The SMILES string of the molecule is CCOc1cc(C#N)cc(Cl)c1O. The molecule has 0 saturated heterocycles. The molecule has 1 rings (SSSR count). The van der Waals surface area contributed by atoms with Crippen LogP contribution in [0, 0.1) is 11.3 Å². The molecule has 0 amide bonds. The number of rotatable bonds is 2. The minimum absolute atomic E-state index is 0.123. The average molecular weight is 198 g/mol. The molecule has 0 saturated carbocycles. The number of ether oxygens (including phenoxy) is 1. The van der Waals surface area contributed by atoms with E-state index < -0.39 is 0 Å². The lowest BCUT2D eigenvalue weighted by Crippen LogP contribution is -1.92. The van der Waals surface area contributed by atoms with Crippen LogP contribution in [0.3, 0.4) is 0 Å².